The summed E-state index contributed by atoms with van der Waals surface area (Å²) < 4.78 is 10.9. The van der Waals surface area contributed by atoms with Crippen LogP contribution in [-0.4, -0.2) is 84.1 Å². The average Bonchev–Trinajstić information content (AvgIpc) is 2.86. The van der Waals surface area contributed by atoms with Crippen molar-refractivity contribution >= 4 is 47.0 Å². The Labute approximate surface area is 229 Å². The second-order valence-corrected chi connectivity index (χ2v) is 9.39. The summed E-state index contributed by atoms with van der Waals surface area (Å²) in [6.45, 7) is 4.52. The van der Waals surface area contributed by atoms with Gasteiger partial charge in [-0.1, -0.05) is 0 Å². The Balaban J connectivity index is 1.52. The molecule has 2 heterocycles. The number of amidine groups is 1. The Kier molecular flexibility index (Phi) is 8.43. The summed E-state index contributed by atoms with van der Waals surface area (Å²) in [5.74, 6) is -2.69. The summed E-state index contributed by atoms with van der Waals surface area (Å²) in [4.78, 5) is 65.3. The minimum Gasteiger partial charge on any atom is -0.465 e. The number of aryl methyl sites for hydroxylation is 1. The number of carbonyl (C=O) groups is 5. The highest BCUT2D eigenvalue weighted by Gasteiger charge is 2.43. The first-order valence-corrected chi connectivity index (χ1v) is 12.5. The molecule has 13 nitrogen and oxygen atoms in total. The van der Waals surface area contributed by atoms with E-state index in [1.807, 2.05) is 12.2 Å². The molecule has 2 saturated heterocycles. The van der Waals surface area contributed by atoms with Gasteiger partial charge in [0, 0.05) is 49.1 Å². The van der Waals surface area contributed by atoms with Gasteiger partial charge in [-0.15, -0.1) is 0 Å². The highest BCUT2D eigenvalue weighted by molar-refractivity contribution is 6.06. The number of likely N-dealkylation sites (tertiary alicyclic amines) is 1. The van der Waals surface area contributed by atoms with Gasteiger partial charge in [0.2, 0.25) is 6.10 Å². The Morgan fingerprint density at radius 2 is 1.77 bits per heavy atom. The molecule has 0 spiro atoms. The number of carboxylic acid groups (broad SMARTS) is 1. The van der Waals surface area contributed by atoms with E-state index in [4.69, 9.17) is 20.0 Å². The smallest absolute Gasteiger partial charge is 0.410 e. The maximum absolute atomic E-state index is 13.6. The largest absolute Gasteiger partial charge is 0.465 e. The van der Waals surface area contributed by atoms with Crippen LogP contribution in [0.3, 0.4) is 0 Å². The first-order chi connectivity index (χ1) is 19.0. The monoisotopic (exact) mass is 551 g/mol. The molecule has 13 heteroatoms. The highest BCUT2D eigenvalue weighted by Crippen LogP contribution is 2.26. The molecule has 0 unspecified atom stereocenters. The van der Waals surface area contributed by atoms with Crippen LogP contribution in [0, 0.1) is 12.3 Å². The first-order valence-electron chi connectivity index (χ1n) is 12.5. The van der Waals surface area contributed by atoms with Crippen LogP contribution in [0.2, 0.25) is 0 Å². The van der Waals surface area contributed by atoms with Gasteiger partial charge < -0.3 is 29.7 Å². The molecule has 2 aromatic carbocycles. The van der Waals surface area contributed by atoms with Crippen LogP contribution in [0.5, 0.6) is 0 Å². The number of benzene rings is 2. The Bertz CT molecular complexity index is 1360. The van der Waals surface area contributed by atoms with E-state index in [0.29, 0.717) is 24.3 Å². The van der Waals surface area contributed by atoms with Crippen LogP contribution >= 0.6 is 0 Å². The number of morpholine rings is 1. The number of carbonyl (C=O) groups excluding carboxylic acids is 4. The molecule has 0 bridgehead atoms. The fraction of sp³-hybridized carbons (Fsp3) is 0.333. The summed E-state index contributed by atoms with van der Waals surface area (Å²) in [5.41, 5.74) is 2.21. The van der Waals surface area contributed by atoms with Gasteiger partial charge in [-0.3, -0.25) is 29.9 Å². The molecule has 4 rings (SSSR count). The normalized spacial score (nSPS) is 17.4. The zero-order valence-electron chi connectivity index (χ0n) is 21.9. The quantitative estimate of drug-likeness (QED) is 0.228. The number of ether oxygens (including phenoxy) is 2. The molecule has 4 N–H and O–H groups in total. The van der Waals surface area contributed by atoms with Gasteiger partial charge in [-0.2, -0.15) is 0 Å². The second-order valence-electron chi connectivity index (χ2n) is 9.39. The molecule has 0 radical (unpaired) electrons. The lowest BCUT2D eigenvalue weighted by Crippen LogP contribution is -2.56. The summed E-state index contributed by atoms with van der Waals surface area (Å²) in [6.07, 6.45) is -3.50. The van der Waals surface area contributed by atoms with Gasteiger partial charge in [-0.05, 0) is 61.4 Å². The third-order valence-corrected chi connectivity index (χ3v) is 6.39. The van der Waals surface area contributed by atoms with E-state index in [9.17, 15) is 24.0 Å². The molecule has 2 aliphatic rings. The number of hydrogen-bond acceptors (Lipinski definition) is 8. The Morgan fingerprint density at radius 1 is 1.07 bits per heavy atom. The predicted octanol–water partition coefficient (Wildman–Crippen LogP) is 1.74. The van der Waals surface area contributed by atoms with Crippen molar-refractivity contribution in [2.24, 2.45) is 0 Å². The van der Waals surface area contributed by atoms with Crippen molar-refractivity contribution in [3.8, 4) is 0 Å². The molecule has 4 amide bonds. The number of nitrogens with zero attached hydrogens (tertiary/aromatic N) is 2. The molecule has 0 aliphatic carbocycles. The maximum Gasteiger partial charge on any atom is 0.410 e. The topological polar surface area (TPSA) is 178 Å². The Hall–Kier alpha value is -4.78. The maximum atomic E-state index is 13.6. The fourth-order valence-corrected chi connectivity index (χ4v) is 4.37. The molecule has 2 aliphatic heterocycles. The van der Waals surface area contributed by atoms with E-state index >= 15 is 0 Å². The third kappa shape index (κ3) is 6.43. The number of esters is 1. The average molecular weight is 552 g/mol. The second kappa shape index (κ2) is 11.9. The van der Waals surface area contributed by atoms with E-state index < -0.39 is 36.1 Å². The van der Waals surface area contributed by atoms with Crippen molar-refractivity contribution in [1.82, 2.24) is 10.2 Å². The van der Waals surface area contributed by atoms with Crippen molar-refractivity contribution in [3.05, 3.63) is 59.2 Å². The van der Waals surface area contributed by atoms with Crippen molar-refractivity contribution in [2.45, 2.75) is 32.5 Å². The minimum atomic E-state index is -1.62. The lowest BCUT2D eigenvalue weighted by Gasteiger charge is -2.36. The van der Waals surface area contributed by atoms with Gasteiger partial charge in [0.05, 0.1) is 6.61 Å². The molecule has 40 heavy (non-hydrogen) atoms. The van der Waals surface area contributed by atoms with E-state index in [1.165, 1.54) is 29.2 Å². The zero-order chi connectivity index (χ0) is 29.0. The van der Waals surface area contributed by atoms with Crippen molar-refractivity contribution in [3.63, 3.8) is 0 Å². The van der Waals surface area contributed by atoms with Crippen molar-refractivity contribution in [2.75, 3.05) is 36.5 Å². The van der Waals surface area contributed by atoms with Crippen LogP contribution in [0.25, 0.3) is 0 Å². The van der Waals surface area contributed by atoms with Gasteiger partial charge in [0.1, 0.15) is 5.84 Å². The fourth-order valence-electron chi connectivity index (χ4n) is 4.37. The molecule has 0 saturated carbocycles. The van der Waals surface area contributed by atoms with Crippen LogP contribution in [0.15, 0.2) is 42.5 Å². The molecule has 2 atom stereocenters. The van der Waals surface area contributed by atoms with Crippen LogP contribution in [0.4, 0.5) is 16.2 Å². The van der Waals surface area contributed by atoms with Gasteiger partial charge in [-0.25, -0.2) is 4.79 Å². The molecular weight excluding hydrogens is 522 g/mol. The molecule has 210 valence electrons. The molecule has 2 aromatic rings. The summed E-state index contributed by atoms with van der Waals surface area (Å²) in [6, 6.07) is 10.8. The van der Waals surface area contributed by atoms with Crippen LogP contribution in [0.1, 0.15) is 34.8 Å². The number of amides is 4. The number of rotatable bonds is 7. The summed E-state index contributed by atoms with van der Waals surface area (Å²) in [5, 5.41) is 21.0. The highest BCUT2D eigenvalue weighted by atomic mass is 16.6. The first kappa shape index (κ1) is 28.2. The van der Waals surface area contributed by atoms with E-state index in [1.54, 1.807) is 23.1 Å². The van der Waals surface area contributed by atoms with Crippen molar-refractivity contribution < 1.29 is 38.6 Å². The third-order valence-electron chi connectivity index (χ3n) is 6.39. The van der Waals surface area contributed by atoms with E-state index in [2.05, 4.69) is 5.32 Å². The number of hydrogen-bond donors (Lipinski definition) is 4. The number of anilines is 2. The summed E-state index contributed by atoms with van der Waals surface area (Å²) in [7, 11) is 0. The van der Waals surface area contributed by atoms with Crippen molar-refractivity contribution in [1.29, 1.82) is 5.41 Å². The van der Waals surface area contributed by atoms with E-state index in [0.717, 1.165) is 18.9 Å². The van der Waals surface area contributed by atoms with Gasteiger partial charge >= 0.3 is 12.1 Å². The summed E-state index contributed by atoms with van der Waals surface area (Å²) >= 11 is 0. The molecule has 2 fully saturated rings. The van der Waals surface area contributed by atoms with Gasteiger partial charge in [0.15, 0.2) is 6.10 Å². The lowest BCUT2D eigenvalue weighted by atomic mass is 10.0. The lowest BCUT2D eigenvalue weighted by molar-refractivity contribution is -0.167. The molecular formula is C27H29N5O8. The van der Waals surface area contributed by atoms with Gasteiger partial charge in [0.25, 0.3) is 17.7 Å². The minimum absolute atomic E-state index is 0.0538. The Morgan fingerprint density at radius 3 is 2.38 bits per heavy atom. The van der Waals surface area contributed by atoms with Crippen LogP contribution in [-0.2, 0) is 23.9 Å². The predicted molar refractivity (Wildman–Crippen MR) is 142 cm³/mol. The van der Waals surface area contributed by atoms with Crippen LogP contribution < -0.4 is 15.5 Å². The van der Waals surface area contributed by atoms with E-state index in [-0.39, 0.29) is 36.1 Å². The standard InChI is InChI=1S/C27H29N5O8/c1-15-12-18(25(35)31-8-3-9-31)14-20(13-15)32-10-11-39-22(26(32)36)21(40-16(2)33)24(34)29-19-6-4-17(5-7-19)23(28)30-27(37)38/h4-7,12-14,21-22H,3,8-11H2,1-2H3,(H2,28,30)(H,29,34)(H,37,38)/t21-,22-/m1/s1. The number of nitrogens with one attached hydrogen (secondary N) is 3. The zero-order valence-corrected chi connectivity index (χ0v) is 21.9. The molecule has 0 aromatic heterocycles. The SMILES string of the molecule is CC(=O)O[C@@H](C(=O)Nc1ccc(C(=N)NC(=O)O)cc1)[C@H]1OCCN(c2cc(C)cc(C(=O)N3CCC3)c2)C1=O.